The lowest BCUT2D eigenvalue weighted by atomic mass is 9.87. The zero-order valence-electron chi connectivity index (χ0n) is 6.82. The van der Waals surface area contributed by atoms with Crippen molar-refractivity contribution in [2.75, 3.05) is 0 Å². The van der Waals surface area contributed by atoms with Crippen LogP contribution in [-0.2, 0) is 0 Å². The smallest absolute Gasteiger partial charge is 0.0212 e. The molecule has 3 saturated carbocycles. The molecule has 0 aromatic heterocycles. The molecule has 2 spiro atoms. The molecule has 56 valence electrons. The number of fused-ring (bicyclic) bond motifs is 1. The van der Waals surface area contributed by atoms with Gasteiger partial charge in [0.15, 0.2) is 0 Å². The summed E-state index contributed by atoms with van der Waals surface area (Å²) in [6.07, 6.45) is 9.44. The Balaban J connectivity index is 1.97. The van der Waals surface area contributed by atoms with Crippen molar-refractivity contribution in [2.24, 2.45) is 16.7 Å². The van der Waals surface area contributed by atoms with Gasteiger partial charge in [0.1, 0.15) is 0 Å². The molecule has 0 nitrogen and oxygen atoms in total. The molecule has 2 atom stereocenters. The molecule has 0 aliphatic heterocycles. The van der Waals surface area contributed by atoms with E-state index in [-0.39, 0.29) is 0 Å². The van der Waals surface area contributed by atoms with Gasteiger partial charge in [-0.1, -0.05) is 13.3 Å². The van der Waals surface area contributed by atoms with Crippen LogP contribution in [0.5, 0.6) is 0 Å². The predicted molar refractivity (Wildman–Crippen MR) is 41.7 cm³/mol. The maximum Gasteiger partial charge on any atom is -0.0212 e. The maximum absolute atomic E-state index is 2.46. The first-order valence-corrected chi connectivity index (χ1v) is 4.79. The summed E-state index contributed by atoms with van der Waals surface area (Å²) < 4.78 is 0. The number of hydrogen-bond donors (Lipinski definition) is 0. The van der Waals surface area contributed by atoms with E-state index in [1.165, 1.54) is 0 Å². The molecule has 0 radical (unpaired) electrons. The Labute approximate surface area is 63.0 Å². The fraction of sp³-hybridized carbons (Fsp3) is 1.00. The topological polar surface area (TPSA) is 0 Å². The SMILES string of the molecule is C[C@H]1CC12CCCC21CC1. The predicted octanol–water partition coefficient (Wildman–Crippen LogP) is 2.98. The molecule has 3 aliphatic carbocycles. The minimum Gasteiger partial charge on any atom is -0.0619 e. The molecule has 0 heteroatoms. The average Bonchev–Trinajstić information content (AvgIpc) is 2.68. The Bertz CT molecular complexity index is 178. The highest BCUT2D eigenvalue weighted by molar-refractivity contribution is 5.20. The van der Waals surface area contributed by atoms with Gasteiger partial charge in [-0.15, -0.1) is 0 Å². The van der Waals surface area contributed by atoms with Crippen LogP contribution in [0, 0.1) is 16.7 Å². The van der Waals surface area contributed by atoms with Crippen LogP contribution in [0.1, 0.15) is 45.4 Å². The van der Waals surface area contributed by atoms with Crippen molar-refractivity contribution in [1.82, 2.24) is 0 Å². The van der Waals surface area contributed by atoms with Gasteiger partial charge in [-0.25, -0.2) is 0 Å². The quantitative estimate of drug-likeness (QED) is 0.480. The monoisotopic (exact) mass is 136 g/mol. The summed E-state index contributed by atoms with van der Waals surface area (Å²) in [7, 11) is 0. The Morgan fingerprint density at radius 1 is 1.10 bits per heavy atom. The second kappa shape index (κ2) is 1.31. The van der Waals surface area contributed by atoms with E-state index in [9.17, 15) is 0 Å². The molecule has 1 unspecified atom stereocenters. The van der Waals surface area contributed by atoms with Crippen molar-refractivity contribution in [3.63, 3.8) is 0 Å². The van der Waals surface area contributed by atoms with Gasteiger partial charge >= 0.3 is 0 Å². The minimum atomic E-state index is 0.910. The second-order valence-corrected chi connectivity index (χ2v) is 4.90. The minimum absolute atomic E-state index is 0.910. The third kappa shape index (κ3) is 0.408. The molecule has 0 N–H and O–H groups in total. The molecular formula is C10H16. The zero-order valence-corrected chi connectivity index (χ0v) is 6.82. The summed E-state index contributed by atoms with van der Waals surface area (Å²) in [4.78, 5) is 0. The maximum atomic E-state index is 2.46. The summed E-state index contributed by atoms with van der Waals surface area (Å²) in [5, 5.41) is 0. The molecule has 0 saturated heterocycles. The molecule has 0 bridgehead atoms. The summed E-state index contributed by atoms with van der Waals surface area (Å²) in [5.74, 6) is 1.09. The van der Waals surface area contributed by atoms with Gasteiger partial charge < -0.3 is 0 Å². The Morgan fingerprint density at radius 3 is 2.20 bits per heavy atom. The number of rotatable bonds is 0. The molecule has 0 heterocycles. The molecule has 0 aromatic carbocycles. The van der Waals surface area contributed by atoms with Gasteiger partial charge in [0.25, 0.3) is 0 Å². The van der Waals surface area contributed by atoms with Crippen molar-refractivity contribution in [1.29, 1.82) is 0 Å². The third-order valence-electron chi connectivity index (χ3n) is 4.64. The van der Waals surface area contributed by atoms with E-state index in [0.717, 1.165) is 16.7 Å². The van der Waals surface area contributed by atoms with Gasteiger partial charge in [0.05, 0.1) is 0 Å². The molecule has 3 aliphatic rings. The lowest BCUT2D eigenvalue weighted by Gasteiger charge is -2.17. The Hall–Kier alpha value is 0. The van der Waals surface area contributed by atoms with Crippen LogP contribution in [0.25, 0.3) is 0 Å². The van der Waals surface area contributed by atoms with Crippen LogP contribution in [-0.4, -0.2) is 0 Å². The molecule has 0 amide bonds. The normalized spacial score (nSPS) is 54.3. The summed E-state index contributed by atoms with van der Waals surface area (Å²) in [5.41, 5.74) is 1.83. The Kier molecular flexibility index (Phi) is 0.735. The largest absolute Gasteiger partial charge is 0.0619 e. The standard InChI is InChI=1S/C10H16/c1-8-7-10(8)4-2-3-9(10)5-6-9/h8H,2-7H2,1H3/t8-,10?/m0/s1. The zero-order chi connectivity index (χ0) is 6.82. The lowest BCUT2D eigenvalue weighted by Crippen LogP contribution is -2.10. The van der Waals surface area contributed by atoms with E-state index in [1.807, 2.05) is 0 Å². The second-order valence-electron chi connectivity index (χ2n) is 4.90. The molecule has 0 aromatic rings. The van der Waals surface area contributed by atoms with E-state index < -0.39 is 0 Å². The Morgan fingerprint density at radius 2 is 1.80 bits per heavy atom. The van der Waals surface area contributed by atoms with Crippen LogP contribution in [0.2, 0.25) is 0 Å². The van der Waals surface area contributed by atoms with Crippen LogP contribution in [0.15, 0.2) is 0 Å². The first-order chi connectivity index (χ1) is 4.79. The number of hydrogen-bond acceptors (Lipinski definition) is 0. The first kappa shape index (κ1) is 5.62. The van der Waals surface area contributed by atoms with E-state index in [2.05, 4.69) is 6.92 Å². The molecule has 10 heavy (non-hydrogen) atoms. The van der Waals surface area contributed by atoms with Gasteiger partial charge in [-0.3, -0.25) is 0 Å². The van der Waals surface area contributed by atoms with E-state index in [1.54, 1.807) is 38.5 Å². The molecule has 3 rings (SSSR count). The van der Waals surface area contributed by atoms with Crippen molar-refractivity contribution in [2.45, 2.75) is 45.4 Å². The van der Waals surface area contributed by atoms with Crippen molar-refractivity contribution in [3.8, 4) is 0 Å². The van der Waals surface area contributed by atoms with Gasteiger partial charge in [0.2, 0.25) is 0 Å². The summed E-state index contributed by atoms with van der Waals surface area (Å²) in [6.45, 7) is 2.46. The first-order valence-electron chi connectivity index (χ1n) is 4.79. The van der Waals surface area contributed by atoms with Crippen LogP contribution in [0.4, 0.5) is 0 Å². The van der Waals surface area contributed by atoms with Crippen LogP contribution < -0.4 is 0 Å². The van der Waals surface area contributed by atoms with E-state index in [0.29, 0.717) is 0 Å². The van der Waals surface area contributed by atoms with E-state index in [4.69, 9.17) is 0 Å². The van der Waals surface area contributed by atoms with Gasteiger partial charge in [0, 0.05) is 0 Å². The highest BCUT2D eigenvalue weighted by Gasteiger charge is 2.70. The van der Waals surface area contributed by atoms with Gasteiger partial charge in [-0.05, 0) is 48.9 Å². The summed E-state index contributed by atoms with van der Waals surface area (Å²) >= 11 is 0. The highest BCUT2D eigenvalue weighted by atomic mass is 14.7. The molecular weight excluding hydrogens is 120 g/mol. The lowest BCUT2D eigenvalue weighted by molar-refractivity contribution is 0.313. The highest BCUT2D eigenvalue weighted by Crippen LogP contribution is 2.80. The average molecular weight is 136 g/mol. The van der Waals surface area contributed by atoms with Crippen LogP contribution in [0.3, 0.4) is 0 Å². The summed E-state index contributed by atoms with van der Waals surface area (Å²) in [6, 6.07) is 0. The molecule has 3 fully saturated rings. The van der Waals surface area contributed by atoms with Gasteiger partial charge in [-0.2, -0.15) is 0 Å². The van der Waals surface area contributed by atoms with Crippen molar-refractivity contribution in [3.05, 3.63) is 0 Å². The van der Waals surface area contributed by atoms with Crippen molar-refractivity contribution >= 4 is 0 Å². The van der Waals surface area contributed by atoms with E-state index >= 15 is 0 Å². The third-order valence-corrected chi connectivity index (χ3v) is 4.64. The fourth-order valence-electron chi connectivity index (χ4n) is 3.73. The van der Waals surface area contributed by atoms with Crippen molar-refractivity contribution < 1.29 is 0 Å². The van der Waals surface area contributed by atoms with Crippen LogP contribution >= 0.6 is 0 Å². The fourth-order valence-corrected chi connectivity index (χ4v) is 3.73.